The molecule has 0 radical (unpaired) electrons. The summed E-state index contributed by atoms with van der Waals surface area (Å²) in [6, 6.07) is 6.94. The van der Waals surface area contributed by atoms with E-state index in [1.165, 1.54) is 0 Å². The number of alkyl halides is 3. The fourth-order valence-corrected chi connectivity index (χ4v) is 4.04. The second-order valence-electron chi connectivity index (χ2n) is 7.84. The first-order valence-electron chi connectivity index (χ1n) is 10.2. The number of nitrogens with one attached hydrogen (secondary N) is 1. The number of morpholine rings is 1. The normalized spacial score (nSPS) is 19.2. The standard InChI is InChI=1S/C21H25F3N4O2/c22-21(23,24)17-3-1-15(2-4-17)14-27-7-5-16(6-8-27)18-13-19(29)26-20(25-18)28-9-11-30-12-10-28/h1-4,13,16H,5-12,14H2,(H,25,26,29). The van der Waals surface area contributed by atoms with Crippen LogP contribution in [0.1, 0.15) is 35.6 Å². The molecule has 2 aliphatic rings. The van der Waals surface area contributed by atoms with Gasteiger partial charge >= 0.3 is 6.18 Å². The summed E-state index contributed by atoms with van der Waals surface area (Å²) >= 11 is 0. The minimum absolute atomic E-state index is 0.145. The maximum absolute atomic E-state index is 12.7. The summed E-state index contributed by atoms with van der Waals surface area (Å²) in [6.45, 7) is 4.90. The second-order valence-corrected chi connectivity index (χ2v) is 7.84. The number of aromatic nitrogens is 2. The first-order valence-corrected chi connectivity index (χ1v) is 10.2. The Kier molecular flexibility index (Phi) is 6.10. The van der Waals surface area contributed by atoms with Gasteiger partial charge in [0.1, 0.15) is 0 Å². The Hall–Kier alpha value is -2.39. The zero-order chi connectivity index (χ0) is 21.1. The molecule has 2 aromatic rings. The van der Waals surface area contributed by atoms with Gasteiger partial charge in [-0.25, -0.2) is 4.98 Å². The highest BCUT2D eigenvalue weighted by Crippen LogP contribution is 2.30. The predicted octanol–water partition coefficient (Wildman–Crippen LogP) is 3.00. The summed E-state index contributed by atoms with van der Waals surface area (Å²) in [5, 5.41) is 0. The zero-order valence-corrected chi connectivity index (χ0v) is 16.6. The molecule has 1 aromatic carbocycles. The van der Waals surface area contributed by atoms with Gasteiger partial charge in [-0.3, -0.25) is 14.7 Å². The largest absolute Gasteiger partial charge is 0.416 e. The van der Waals surface area contributed by atoms with E-state index in [9.17, 15) is 18.0 Å². The van der Waals surface area contributed by atoms with E-state index in [0.717, 1.165) is 49.3 Å². The van der Waals surface area contributed by atoms with Crippen LogP contribution >= 0.6 is 0 Å². The quantitative estimate of drug-likeness (QED) is 0.821. The van der Waals surface area contributed by atoms with Gasteiger partial charge < -0.3 is 9.64 Å². The number of benzene rings is 1. The van der Waals surface area contributed by atoms with Crippen molar-refractivity contribution in [2.45, 2.75) is 31.5 Å². The molecule has 0 atom stereocenters. The topological polar surface area (TPSA) is 61.5 Å². The fraction of sp³-hybridized carbons (Fsp3) is 0.524. The van der Waals surface area contributed by atoms with Crippen LogP contribution in [0.4, 0.5) is 19.1 Å². The minimum Gasteiger partial charge on any atom is -0.378 e. The highest BCUT2D eigenvalue weighted by molar-refractivity contribution is 5.32. The molecule has 162 valence electrons. The number of rotatable bonds is 4. The molecule has 1 aromatic heterocycles. The van der Waals surface area contributed by atoms with Gasteiger partial charge in [0.15, 0.2) is 0 Å². The number of piperidine rings is 1. The lowest BCUT2D eigenvalue weighted by atomic mass is 9.93. The molecule has 0 spiro atoms. The monoisotopic (exact) mass is 422 g/mol. The van der Waals surface area contributed by atoms with E-state index in [1.807, 2.05) is 4.90 Å². The van der Waals surface area contributed by atoms with Gasteiger partial charge in [-0.05, 0) is 43.6 Å². The van der Waals surface area contributed by atoms with Crippen LogP contribution in [0.3, 0.4) is 0 Å². The van der Waals surface area contributed by atoms with Crippen molar-refractivity contribution in [3.05, 3.63) is 57.5 Å². The number of anilines is 1. The van der Waals surface area contributed by atoms with Gasteiger partial charge in [0.05, 0.1) is 24.5 Å². The molecule has 9 heteroatoms. The average Bonchev–Trinajstić information content (AvgIpc) is 2.74. The van der Waals surface area contributed by atoms with E-state index in [0.29, 0.717) is 38.8 Å². The third-order valence-corrected chi connectivity index (χ3v) is 5.75. The van der Waals surface area contributed by atoms with E-state index in [4.69, 9.17) is 9.72 Å². The third-order valence-electron chi connectivity index (χ3n) is 5.75. The Bertz CT molecular complexity index is 900. The van der Waals surface area contributed by atoms with E-state index in [-0.39, 0.29) is 11.5 Å². The molecule has 30 heavy (non-hydrogen) atoms. The number of nitrogens with zero attached hydrogens (tertiary/aromatic N) is 3. The van der Waals surface area contributed by atoms with Gasteiger partial charge in [0, 0.05) is 31.6 Å². The third kappa shape index (κ3) is 5.02. The van der Waals surface area contributed by atoms with Gasteiger partial charge in [-0.1, -0.05) is 12.1 Å². The van der Waals surface area contributed by atoms with Crippen molar-refractivity contribution < 1.29 is 17.9 Å². The number of likely N-dealkylation sites (tertiary alicyclic amines) is 1. The first-order chi connectivity index (χ1) is 14.4. The zero-order valence-electron chi connectivity index (χ0n) is 16.6. The molecule has 3 heterocycles. The van der Waals surface area contributed by atoms with Crippen molar-refractivity contribution in [1.29, 1.82) is 0 Å². The highest BCUT2D eigenvalue weighted by atomic mass is 19.4. The minimum atomic E-state index is -4.31. The Morgan fingerprint density at radius 1 is 1.07 bits per heavy atom. The molecule has 0 saturated carbocycles. The van der Waals surface area contributed by atoms with Crippen LogP contribution in [0.15, 0.2) is 35.1 Å². The van der Waals surface area contributed by atoms with Crippen LogP contribution in [0.5, 0.6) is 0 Å². The van der Waals surface area contributed by atoms with Crippen molar-refractivity contribution in [3.63, 3.8) is 0 Å². The summed E-state index contributed by atoms with van der Waals surface area (Å²) in [4.78, 5) is 24.0. The van der Waals surface area contributed by atoms with E-state index < -0.39 is 11.7 Å². The first kappa shape index (κ1) is 20.9. The van der Waals surface area contributed by atoms with Crippen LogP contribution in [-0.4, -0.2) is 54.3 Å². The molecule has 0 amide bonds. The summed E-state index contributed by atoms with van der Waals surface area (Å²) < 4.78 is 43.5. The van der Waals surface area contributed by atoms with Crippen molar-refractivity contribution in [2.75, 3.05) is 44.3 Å². The highest BCUT2D eigenvalue weighted by Gasteiger charge is 2.30. The van der Waals surface area contributed by atoms with Crippen LogP contribution < -0.4 is 10.5 Å². The predicted molar refractivity (Wildman–Crippen MR) is 107 cm³/mol. The Morgan fingerprint density at radius 2 is 1.73 bits per heavy atom. The molecule has 0 bridgehead atoms. The average molecular weight is 422 g/mol. The number of halogens is 3. The van der Waals surface area contributed by atoms with Crippen LogP contribution in [0.25, 0.3) is 0 Å². The lowest BCUT2D eigenvalue weighted by Crippen LogP contribution is -2.39. The Morgan fingerprint density at radius 3 is 2.37 bits per heavy atom. The number of ether oxygens (including phenoxy) is 1. The van der Waals surface area contributed by atoms with Crippen molar-refractivity contribution in [1.82, 2.24) is 14.9 Å². The Balaban J connectivity index is 1.36. The van der Waals surface area contributed by atoms with Gasteiger partial charge in [0.2, 0.25) is 5.95 Å². The maximum Gasteiger partial charge on any atom is 0.416 e. The molecule has 2 aliphatic heterocycles. The number of hydrogen-bond acceptors (Lipinski definition) is 5. The number of aromatic amines is 1. The lowest BCUT2D eigenvalue weighted by Gasteiger charge is -2.32. The van der Waals surface area contributed by atoms with E-state index >= 15 is 0 Å². The molecule has 2 saturated heterocycles. The SMILES string of the molecule is O=c1cc(C2CCN(Cc3ccc(C(F)(F)F)cc3)CC2)nc(N2CCOCC2)[nH]1. The summed E-state index contributed by atoms with van der Waals surface area (Å²) in [6.07, 6.45) is -2.59. The summed E-state index contributed by atoms with van der Waals surface area (Å²) in [7, 11) is 0. The van der Waals surface area contributed by atoms with Gasteiger partial charge in [-0.15, -0.1) is 0 Å². The molecule has 2 fully saturated rings. The molecule has 0 unspecified atom stereocenters. The molecular weight excluding hydrogens is 397 g/mol. The molecule has 1 N–H and O–H groups in total. The summed E-state index contributed by atoms with van der Waals surface area (Å²) in [5.41, 5.74) is 0.912. The molecular formula is C21H25F3N4O2. The van der Waals surface area contributed by atoms with Crippen molar-refractivity contribution in [3.8, 4) is 0 Å². The van der Waals surface area contributed by atoms with Crippen LogP contribution in [0.2, 0.25) is 0 Å². The Labute approximate surface area is 172 Å². The van der Waals surface area contributed by atoms with E-state index in [2.05, 4.69) is 9.88 Å². The van der Waals surface area contributed by atoms with Crippen molar-refractivity contribution in [2.24, 2.45) is 0 Å². The summed E-state index contributed by atoms with van der Waals surface area (Å²) in [5.74, 6) is 0.809. The van der Waals surface area contributed by atoms with Gasteiger partial charge in [-0.2, -0.15) is 13.2 Å². The second kappa shape index (κ2) is 8.77. The van der Waals surface area contributed by atoms with Crippen LogP contribution in [-0.2, 0) is 17.5 Å². The smallest absolute Gasteiger partial charge is 0.378 e. The molecule has 4 rings (SSSR count). The number of hydrogen-bond donors (Lipinski definition) is 1. The van der Waals surface area contributed by atoms with E-state index in [1.54, 1.807) is 18.2 Å². The van der Waals surface area contributed by atoms with Crippen LogP contribution in [0, 0.1) is 0 Å². The lowest BCUT2D eigenvalue weighted by molar-refractivity contribution is -0.137. The fourth-order valence-electron chi connectivity index (χ4n) is 4.04. The number of H-pyrrole nitrogens is 1. The molecule has 0 aliphatic carbocycles. The molecule has 6 nitrogen and oxygen atoms in total. The van der Waals surface area contributed by atoms with Gasteiger partial charge in [0.25, 0.3) is 5.56 Å². The van der Waals surface area contributed by atoms with Crippen molar-refractivity contribution >= 4 is 5.95 Å². The maximum atomic E-state index is 12.7.